The summed E-state index contributed by atoms with van der Waals surface area (Å²) in [6.45, 7) is 0.733. The van der Waals surface area contributed by atoms with Gasteiger partial charge in [-0.25, -0.2) is 4.39 Å². The number of fused-ring (bicyclic) bond motifs is 1. The molecule has 2 heterocycles. The lowest BCUT2D eigenvalue weighted by Crippen LogP contribution is -2.39. The molecule has 1 atom stereocenters. The monoisotopic (exact) mass is 415 g/mol. The number of aryl methyl sites for hydroxylation is 1. The Bertz CT molecular complexity index is 1150. The van der Waals surface area contributed by atoms with Gasteiger partial charge in [-0.05, 0) is 49.7 Å². The van der Waals surface area contributed by atoms with Gasteiger partial charge in [0.05, 0.1) is 17.5 Å². The first-order chi connectivity index (χ1) is 15.1. The van der Waals surface area contributed by atoms with Gasteiger partial charge in [0.1, 0.15) is 5.82 Å². The second-order valence-electron chi connectivity index (χ2n) is 8.45. The highest BCUT2D eigenvalue weighted by Crippen LogP contribution is 2.37. The number of nitrogens with zero attached hydrogens (tertiary/aromatic N) is 3. The largest absolute Gasteiger partial charge is 0.312 e. The molecule has 1 unspecified atom stereocenters. The maximum Gasteiger partial charge on any atom is 0.261 e. The van der Waals surface area contributed by atoms with E-state index in [0.717, 1.165) is 37.8 Å². The second kappa shape index (κ2) is 8.14. The zero-order valence-electron chi connectivity index (χ0n) is 17.7. The number of allylic oxidation sites excluding steroid dienone is 2. The van der Waals surface area contributed by atoms with Crippen LogP contribution in [0.1, 0.15) is 42.5 Å². The maximum absolute atomic E-state index is 15.0. The van der Waals surface area contributed by atoms with E-state index < -0.39 is 0 Å². The Morgan fingerprint density at radius 3 is 2.68 bits per heavy atom. The van der Waals surface area contributed by atoms with Crippen molar-refractivity contribution in [3.63, 3.8) is 0 Å². The summed E-state index contributed by atoms with van der Waals surface area (Å²) in [5.41, 5.74) is 4.39. The molecule has 1 saturated heterocycles. The van der Waals surface area contributed by atoms with Crippen molar-refractivity contribution < 1.29 is 9.18 Å². The summed E-state index contributed by atoms with van der Waals surface area (Å²) in [4.78, 5) is 15.5. The summed E-state index contributed by atoms with van der Waals surface area (Å²) in [5, 5.41) is 4.35. The lowest BCUT2D eigenvalue weighted by molar-refractivity contribution is 0.0749. The van der Waals surface area contributed by atoms with Crippen molar-refractivity contribution in [3.05, 3.63) is 77.9 Å². The number of hydrogen-bond acceptors (Lipinski definition) is 2. The molecule has 1 amide bonds. The third kappa shape index (κ3) is 3.58. The molecular weight excluding hydrogens is 389 g/mol. The summed E-state index contributed by atoms with van der Waals surface area (Å²) in [5.74, 6) is 0.138. The second-order valence-corrected chi connectivity index (χ2v) is 8.45. The van der Waals surface area contributed by atoms with Crippen LogP contribution in [-0.2, 0) is 7.05 Å². The highest BCUT2D eigenvalue weighted by Gasteiger charge is 2.32. The van der Waals surface area contributed by atoms with Gasteiger partial charge in [-0.1, -0.05) is 48.5 Å². The van der Waals surface area contributed by atoms with Crippen molar-refractivity contribution in [2.24, 2.45) is 13.0 Å². The average Bonchev–Trinajstić information content (AvgIpc) is 3.20. The molecule has 0 bridgehead atoms. The number of hydrogen-bond donors (Lipinski definition) is 0. The fraction of sp³-hybridized carbons (Fsp3) is 0.308. The molecule has 1 fully saturated rings. The fourth-order valence-corrected chi connectivity index (χ4v) is 4.99. The highest BCUT2D eigenvalue weighted by atomic mass is 19.1. The van der Waals surface area contributed by atoms with Gasteiger partial charge in [-0.15, -0.1) is 0 Å². The molecule has 1 aromatic heterocycles. The lowest BCUT2D eigenvalue weighted by atomic mass is 9.84. The smallest absolute Gasteiger partial charge is 0.261 e. The van der Waals surface area contributed by atoms with Gasteiger partial charge in [0.25, 0.3) is 5.91 Å². The molecule has 3 aromatic rings. The maximum atomic E-state index is 15.0. The van der Waals surface area contributed by atoms with Crippen LogP contribution in [0.25, 0.3) is 22.4 Å². The van der Waals surface area contributed by atoms with E-state index in [4.69, 9.17) is 0 Å². The van der Waals surface area contributed by atoms with Crippen LogP contribution in [0.3, 0.4) is 0 Å². The zero-order valence-corrected chi connectivity index (χ0v) is 17.7. The highest BCUT2D eigenvalue weighted by molar-refractivity contribution is 6.01. The summed E-state index contributed by atoms with van der Waals surface area (Å²) < 4.78 is 16.7. The minimum Gasteiger partial charge on any atom is -0.312 e. The van der Waals surface area contributed by atoms with Gasteiger partial charge >= 0.3 is 0 Å². The quantitative estimate of drug-likeness (QED) is 0.541. The average molecular weight is 416 g/mol. The third-order valence-electron chi connectivity index (χ3n) is 6.52. The molecule has 2 aliphatic rings. The van der Waals surface area contributed by atoms with Crippen LogP contribution in [0.2, 0.25) is 0 Å². The lowest BCUT2D eigenvalue weighted by Gasteiger charge is -2.38. The van der Waals surface area contributed by atoms with Gasteiger partial charge < -0.3 is 4.90 Å². The van der Waals surface area contributed by atoms with E-state index in [1.54, 1.807) is 24.0 Å². The number of halogens is 1. The molecule has 0 spiro atoms. The molecule has 1 aliphatic carbocycles. The number of benzene rings is 2. The van der Waals surface area contributed by atoms with Crippen molar-refractivity contribution in [3.8, 4) is 22.4 Å². The van der Waals surface area contributed by atoms with E-state index >= 15 is 4.39 Å². The van der Waals surface area contributed by atoms with E-state index in [-0.39, 0.29) is 11.7 Å². The summed E-state index contributed by atoms with van der Waals surface area (Å²) >= 11 is 0. The van der Waals surface area contributed by atoms with Crippen LogP contribution in [0.4, 0.5) is 4.39 Å². The molecule has 31 heavy (non-hydrogen) atoms. The molecule has 0 N–H and O–H groups in total. The Labute approximate surface area is 182 Å². The number of piperidine rings is 1. The Morgan fingerprint density at radius 1 is 1.06 bits per heavy atom. The van der Waals surface area contributed by atoms with Crippen LogP contribution >= 0.6 is 0 Å². The van der Waals surface area contributed by atoms with Crippen LogP contribution < -0.4 is 0 Å². The van der Waals surface area contributed by atoms with Crippen molar-refractivity contribution >= 4 is 5.91 Å². The topological polar surface area (TPSA) is 38.1 Å². The molecule has 0 radical (unpaired) electrons. The molecule has 1 aliphatic heterocycles. The number of aromatic nitrogens is 2. The number of likely N-dealkylation sites (tertiary alicyclic amines) is 1. The van der Waals surface area contributed by atoms with Crippen molar-refractivity contribution in [1.82, 2.24) is 14.7 Å². The molecular formula is C26H26FN3O. The van der Waals surface area contributed by atoms with E-state index in [1.807, 2.05) is 41.3 Å². The van der Waals surface area contributed by atoms with Crippen molar-refractivity contribution in [2.45, 2.75) is 32.1 Å². The standard InChI is InChI=1S/C26H26FN3O/c1-29-25(20-13-14-21(23(27)16-20)18-8-3-2-4-9-18)22(17-28-29)26(31)30-15-7-11-19-10-5-6-12-24(19)30/h2-4,8-9,12-14,16-17,19H,5-7,10-11,15H2,1H3. The minimum atomic E-state index is -0.309. The number of amides is 1. The Hall–Kier alpha value is -3.21. The van der Waals surface area contributed by atoms with Gasteiger partial charge in [-0.3, -0.25) is 9.48 Å². The summed E-state index contributed by atoms with van der Waals surface area (Å²) in [7, 11) is 1.80. The molecule has 2 aromatic carbocycles. The number of carbonyl (C=O) groups is 1. The molecule has 5 rings (SSSR count). The summed E-state index contributed by atoms with van der Waals surface area (Å²) in [6.07, 6.45) is 9.40. The minimum absolute atomic E-state index is 0.0338. The molecule has 158 valence electrons. The molecule has 5 heteroatoms. The summed E-state index contributed by atoms with van der Waals surface area (Å²) in [6, 6.07) is 14.6. The first-order valence-electron chi connectivity index (χ1n) is 11.0. The number of rotatable bonds is 3. The molecule has 4 nitrogen and oxygen atoms in total. The number of carbonyl (C=O) groups excluding carboxylic acids is 1. The van der Waals surface area contributed by atoms with E-state index in [0.29, 0.717) is 28.3 Å². The van der Waals surface area contributed by atoms with Gasteiger partial charge in [-0.2, -0.15) is 5.10 Å². The zero-order chi connectivity index (χ0) is 21.4. The van der Waals surface area contributed by atoms with E-state index in [2.05, 4.69) is 11.2 Å². The third-order valence-corrected chi connectivity index (χ3v) is 6.52. The van der Waals surface area contributed by atoms with Crippen molar-refractivity contribution in [2.75, 3.05) is 6.54 Å². The Morgan fingerprint density at radius 2 is 1.87 bits per heavy atom. The fourth-order valence-electron chi connectivity index (χ4n) is 4.99. The van der Waals surface area contributed by atoms with Crippen LogP contribution in [0, 0.1) is 11.7 Å². The van der Waals surface area contributed by atoms with Crippen LogP contribution in [0.15, 0.2) is 66.5 Å². The first kappa shape index (κ1) is 19.7. The van der Waals surface area contributed by atoms with Crippen molar-refractivity contribution in [1.29, 1.82) is 0 Å². The molecule has 0 saturated carbocycles. The van der Waals surface area contributed by atoms with Gasteiger partial charge in [0.2, 0.25) is 0 Å². The van der Waals surface area contributed by atoms with Crippen LogP contribution in [0.5, 0.6) is 0 Å². The normalized spacial score (nSPS) is 18.5. The van der Waals surface area contributed by atoms with E-state index in [1.165, 1.54) is 18.2 Å². The van der Waals surface area contributed by atoms with E-state index in [9.17, 15) is 4.79 Å². The Kier molecular flexibility index (Phi) is 5.18. The first-order valence-corrected chi connectivity index (χ1v) is 11.0. The SMILES string of the molecule is Cn1ncc(C(=O)N2CCCC3CCCC=C32)c1-c1ccc(-c2ccccc2)c(F)c1. The van der Waals surface area contributed by atoms with Gasteiger partial charge in [0.15, 0.2) is 0 Å². The predicted octanol–water partition coefficient (Wildman–Crippen LogP) is 5.81. The van der Waals surface area contributed by atoms with Gasteiger partial charge in [0, 0.05) is 30.4 Å². The Balaban J connectivity index is 1.51. The predicted molar refractivity (Wildman–Crippen MR) is 120 cm³/mol. The van der Waals surface area contributed by atoms with Crippen LogP contribution in [-0.4, -0.2) is 27.1 Å².